The van der Waals surface area contributed by atoms with Crippen LogP contribution in [0.5, 0.6) is 0 Å². The van der Waals surface area contributed by atoms with Crippen LogP contribution in [0.4, 0.5) is 0 Å². The number of methoxy groups -OCH3 is 1. The van der Waals surface area contributed by atoms with Crippen molar-refractivity contribution >= 4 is 5.78 Å². The van der Waals surface area contributed by atoms with Crippen molar-refractivity contribution in [1.29, 1.82) is 0 Å². The van der Waals surface area contributed by atoms with Crippen LogP contribution in [-0.2, 0) is 14.3 Å². The van der Waals surface area contributed by atoms with Gasteiger partial charge in [0.1, 0.15) is 5.78 Å². The monoisotopic (exact) mass is 258 g/mol. The molecule has 2 unspecified atom stereocenters. The maximum absolute atomic E-state index is 11.1. The molecular weight excluding hydrogens is 228 g/mol. The Kier molecular flexibility index (Phi) is 11.4. The first kappa shape index (κ1) is 17.6. The molecule has 0 aliphatic carbocycles. The number of carbonyl (C=O) groups excluding carboxylic acids is 1. The Morgan fingerprint density at radius 3 is 2.50 bits per heavy atom. The summed E-state index contributed by atoms with van der Waals surface area (Å²) in [6.07, 6.45) is 5.90. The molecule has 3 heteroatoms. The maximum Gasteiger partial charge on any atom is 0.132 e. The van der Waals surface area contributed by atoms with Crippen LogP contribution in [-0.4, -0.2) is 32.2 Å². The zero-order valence-electron chi connectivity index (χ0n) is 12.5. The Morgan fingerprint density at radius 2 is 1.89 bits per heavy atom. The number of carbonyl (C=O) groups is 1. The van der Waals surface area contributed by atoms with Gasteiger partial charge >= 0.3 is 0 Å². The number of ether oxygens (including phenoxy) is 2. The van der Waals surface area contributed by atoms with E-state index in [1.54, 1.807) is 7.11 Å². The molecule has 3 nitrogen and oxygen atoms in total. The molecule has 18 heavy (non-hydrogen) atoms. The van der Waals surface area contributed by atoms with E-state index in [0.29, 0.717) is 24.2 Å². The molecule has 0 saturated carbocycles. The summed E-state index contributed by atoms with van der Waals surface area (Å²) in [6, 6.07) is 0. The zero-order valence-corrected chi connectivity index (χ0v) is 12.5. The quantitative estimate of drug-likeness (QED) is 0.502. The van der Waals surface area contributed by atoms with Crippen molar-refractivity contribution in [2.45, 2.75) is 65.4 Å². The average Bonchev–Trinajstić information content (AvgIpc) is 2.33. The Bertz CT molecular complexity index is 204. The van der Waals surface area contributed by atoms with Crippen molar-refractivity contribution in [3.8, 4) is 0 Å². The lowest BCUT2D eigenvalue weighted by molar-refractivity contribution is -0.118. The molecule has 0 aliphatic heterocycles. The van der Waals surface area contributed by atoms with Crippen LogP contribution in [0.1, 0.15) is 59.3 Å². The first-order chi connectivity index (χ1) is 8.60. The molecule has 0 aromatic carbocycles. The van der Waals surface area contributed by atoms with Gasteiger partial charge in [-0.2, -0.15) is 0 Å². The van der Waals surface area contributed by atoms with Gasteiger partial charge in [-0.1, -0.05) is 20.3 Å². The van der Waals surface area contributed by atoms with E-state index < -0.39 is 0 Å². The van der Waals surface area contributed by atoms with Gasteiger partial charge in [-0.05, 0) is 32.1 Å². The van der Waals surface area contributed by atoms with Gasteiger partial charge in [0.05, 0.1) is 6.10 Å². The van der Waals surface area contributed by atoms with Crippen molar-refractivity contribution in [3.63, 3.8) is 0 Å². The maximum atomic E-state index is 11.1. The fourth-order valence-corrected chi connectivity index (χ4v) is 2.05. The van der Waals surface area contributed by atoms with Gasteiger partial charge < -0.3 is 9.47 Å². The third-order valence-electron chi connectivity index (χ3n) is 3.08. The van der Waals surface area contributed by atoms with E-state index in [2.05, 4.69) is 13.8 Å². The molecule has 0 aromatic rings. The van der Waals surface area contributed by atoms with E-state index in [4.69, 9.17) is 9.47 Å². The highest BCUT2D eigenvalue weighted by Gasteiger charge is 2.08. The van der Waals surface area contributed by atoms with Crippen LogP contribution in [0.3, 0.4) is 0 Å². The minimum atomic E-state index is 0.299. The van der Waals surface area contributed by atoms with Gasteiger partial charge in [0.15, 0.2) is 0 Å². The van der Waals surface area contributed by atoms with E-state index >= 15 is 0 Å². The molecule has 0 heterocycles. The Hall–Kier alpha value is -0.410. The molecule has 0 N–H and O–H groups in total. The molecule has 2 atom stereocenters. The molecule has 0 amide bonds. The molecule has 0 aliphatic rings. The minimum absolute atomic E-state index is 0.299. The second-order valence-electron chi connectivity index (χ2n) is 5.18. The zero-order chi connectivity index (χ0) is 13.8. The van der Waals surface area contributed by atoms with E-state index in [1.807, 2.05) is 6.92 Å². The van der Waals surface area contributed by atoms with Crippen LogP contribution in [0, 0.1) is 5.92 Å². The Labute approximate surface area is 112 Å². The molecule has 0 bridgehead atoms. The summed E-state index contributed by atoms with van der Waals surface area (Å²) in [5.74, 6) is 0.921. The topological polar surface area (TPSA) is 35.5 Å². The van der Waals surface area contributed by atoms with E-state index in [0.717, 1.165) is 45.3 Å². The van der Waals surface area contributed by atoms with Crippen molar-refractivity contribution in [2.24, 2.45) is 5.92 Å². The number of unbranched alkanes of at least 4 members (excludes halogenated alkanes) is 2. The van der Waals surface area contributed by atoms with Gasteiger partial charge in [-0.3, -0.25) is 4.79 Å². The third kappa shape index (κ3) is 10.7. The van der Waals surface area contributed by atoms with Crippen LogP contribution >= 0.6 is 0 Å². The molecule has 0 radical (unpaired) electrons. The summed E-state index contributed by atoms with van der Waals surface area (Å²) >= 11 is 0. The Morgan fingerprint density at radius 1 is 1.17 bits per heavy atom. The highest BCUT2D eigenvalue weighted by molar-refractivity contribution is 5.77. The van der Waals surface area contributed by atoms with Gasteiger partial charge in [0.2, 0.25) is 0 Å². The third-order valence-corrected chi connectivity index (χ3v) is 3.08. The fourth-order valence-electron chi connectivity index (χ4n) is 2.05. The summed E-state index contributed by atoms with van der Waals surface area (Å²) in [7, 11) is 1.74. The van der Waals surface area contributed by atoms with Crippen molar-refractivity contribution in [3.05, 3.63) is 0 Å². The van der Waals surface area contributed by atoms with E-state index in [1.165, 1.54) is 0 Å². The van der Waals surface area contributed by atoms with Crippen molar-refractivity contribution in [1.82, 2.24) is 0 Å². The summed E-state index contributed by atoms with van der Waals surface area (Å²) < 4.78 is 10.9. The lowest BCUT2D eigenvalue weighted by Gasteiger charge is -2.17. The minimum Gasteiger partial charge on any atom is -0.384 e. The summed E-state index contributed by atoms with van der Waals surface area (Å²) in [4.78, 5) is 11.1. The molecule has 108 valence electrons. The van der Waals surface area contributed by atoms with Crippen LogP contribution < -0.4 is 0 Å². The molecule has 0 spiro atoms. The first-order valence-corrected chi connectivity index (χ1v) is 7.22. The molecular formula is C15H30O3. The van der Waals surface area contributed by atoms with Gasteiger partial charge in [0, 0.05) is 33.2 Å². The molecule has 0 fully saturated rings. The normalized spacial score (nSPS) is 14.4. The van der Waals surface area contributed by atoms with Crippen molar-refractivity contribution < 1.29 is 14.3 Å². The van der Waals surface area contributed by atoms with Crippen LogP contribution in [0.2, 0.25) is 0 Å². The largest absolute Gasteiger partial charge is 0.384 e. The first-order valence-electron chi connectivity index (χ1n) is 7.22. The predicted octanol–water partition coefficient (Wildman–Crippen LogP) is 3.60. The number of hydrogen-bond donors (Lipinski definition) is 0. The number of rotatable bonds is 12. The summed E-state index contributed by atoms with van der Waals surface area (Å²) in [6.45, 7) is 7.83. The Balaban J connectivity index is 3.35. The average molecular weight is 258 g/mol. The number of Topliss-reactive ketones (excluding diaryl/α,β-unsaturated/α-hetero) is 1. The summed E-state index contributed by atoms with van der Waals surface area (Å²) in [5, 5.41) is 0. The molecule has 0 rings (SSSR count). The lowest BCUT2D eigenvalue weighted by Crippen LogP contribution is -2.16. The van der Waals surface area contributed by atoms with Gasteiger partial charge in [-0.25, -0.2) is 0 Å². The highest BCUT2D eigenvalue weighted by Crippen LogP contribution is 2.10. The van der Waals surface area contributed by atoms with E-state index in [-0.39, 0.29) is 0 Å². The highest BCUT2D eigenvalue weighted by atomic mass is 16.5. The van der Waals surface area contributed by atoms with Crippen molar-refractivity contribution in [2.75, 3.05) is 20.3 Å². The smallest absolute Gasteiger partial charge is 0.132 e. The van der Waals surface area contributed by atoms with Crippen LogP contribution in [0.25, 0.3) is 0 Å². The second-order valence-corrected chi connectivity index (χ2v) is 5.18. The van der Waals surface area contributed by atoms with E-state index in [9.17, 15) is 4.79 Å². The summed E-state index contributed by atoms with van der Waals surface area (Å²) in [5.41, 5.74) is 0. The van der Waals surface area contributed by atoms with Gasteiger partial charge in [0.25, 0.3) is 0 Å². The standard InChI is InChI=1S/C15H30O3/c1-5-15(16)9-7-6-8-10-18-14(3)11-13(2)12-17-4/h13-14H,5-12H2,1-4H3. The van der Waals surface area contributed by atoms with Crippen LogP contribution in [0.15, 0.2) is 0 Å². The fraction of sp³-hybridized carbons (Fsp3) is 0.933. The predicted molar refractivity (Wildman–Crippen MR) is 74.8 cm³/mol. The molecule has 0 aromatic heterocycles. The SMILES string of the molecule is CCC(=O)CCCCCOC(C)CC(C)COC. The number of ketones is 1. The van der Waals surface area contributed by atoms with Gasteiger partial charge in [-0.15, -0.1) is 0 Å². The number of hydrogen-bond acceptors (Lipinski definition) is 3. The second kappa shape index (κ2) is 11.7. The lowest BCUT2D eigenvalue weighted by atomic mass is 10.1. The molecule has 0 saturated heterocycles.